The van der Waals surface area contributed by atoms with Crippen LogP contribution >= 0.6 is 23.2 Å². The number of fused-ring (bicyclic) bond motifs is 15. The molecule has 6 aromatic rings. The number of primary amides is 1. The summed E-state index contributed by atoms with van der Waals surface area (Å²) in [7, 11) is 1.48. The van der Waals surface area contributed by atoms with Crippen LogP contribution in [0, 0.1) is 5.92 Å². The summed E-state index contributed by atoms with van der Waals surface area (Å²) >= 11 is 14.7. The Morgan fingerprint density at radius 2 is 1.25 bits per heavy atom. The highest BCUT2D eigenvalue weighted by molar-refractivity contribution is 6.32. The number of likely N-dealkylation sites (N-methyl/N-ethyl adjacent to an activating group) is 1. The number of nitrogens with one attached hydrogen (secondary N) is 8. The Kier molecular flexibility index (Phi) is 30.3. The summed E-state index contributed by atoms with van der Waals surface area (Å²) in [6, 6.07) is 10.0. The predicted molar refractivity (Wildman–Crippen MR) is 447 cm³/mol. The van der Waals surface area contributed by atoms with Gasteiger partial charge < -0.3 is 143 Å². The number of carboxylic acids is 1. The lowest BCUT2D eigenvalue weighted by molar-refractivity contribution is -0.334. The number of rotatable bonds is 25. The molecule has 0 aromatic heterocycles. The zero-order valence-corrected chi connectivity index (χ0v) is 71.1. The van der Waals surface area contributed by atoms with Crippen molar-refractivity contribution >= 4 is 70.5 Å². The van der Waals surface area contributed by atoms with Gasteiger partial charge in [0.1, 0.15) is 89.5 Å². The van der Waals surface area contributed by atoms with Crippen LogP contribution in [0.25, 0.3) is 11.1 Å². The van der Waals surface area contributed by atoms with Crippen molar-refractivity contribution in [1.82, 2.24) is 42.5 Å². The lowest BCUT2D eigenvalue weighted by Crippen LogP contribution is -2.65. The number of aryl methyl sites for hydroxylation is 1. The fraction of sp³-hybridized carbons (Fsp3) is 0.494. The third-order valence-corrected chi connectivity index (χ3v) is 24.0. The van der Waals surface area contributed by atoms with Crippen molar-refractivity contribution in [2.24, 2.45) is 17.4 Å². The molecule has 3 saturated heterocycles. The third kappa shape index (κ3) is 21.8. The number of phenols is 3. The standard InChI is InChI=1S/C87H108Cl2N10O26/c1-39(2)27-52(92-7)78(110)98-68-70(105)44-21-24-56(50(88)29-44)120-58-31-46-32-59(74(58)125-85-75(72(107)71(106)60(38-100)122-85)124-63-37-87(6,77(109)41(4)119-63)93-26-16-11-9-8-10-13-17-42-18-14-12-15-19-42)121-57-25-22-45(30-51(57)89)73(123-62-36-86(5,91)76(108)40(3)118-62)69-83(115)97-67(84(116)117)49-33-47(101)34-55(103)64(49)48-28-43(20-23-54(48)102)65(80(112)99-69)96-81(113)66(46)95-79(111)53(35-61(90)104)94-82(68)114/h12,14-15,18-25,28-34,39-41,52-53,60,62-63,65-73,75-77,85,92-93,100-103,105-109H,8-11,13,16-17,26-27,35-38,91H2,1-7H3,(H2,90,104)(H,94,114)(H,95,111)(H,96,113)(H,97,115)(H,98,110)(H,99,112)(H,116,117)/t40-,41-,52+,53-,60+,62-,63-,65+,66+,67-,68+,69-,70+,71+,72-,73+,75+,76-,77-,85-,86-,87-/m0/s1. The molecule has 22 N–H and O–H groups in total. The number of aliphatic hydroxyl groups excluding tert-OH is 6. The van der Waals surface area contributed by atoms with E-state index in [9.17, 15) is 65.4 Å². The summed E-state index contributed by atoms with van der Waals surface area (Å²) in [4.78, 5) is 121. The van der Waals surface area contributed by atoms with Gasteiger partial charge in [-0.25, -0.2) is 4.79 Å². The van der Waals surface area contributed by atoms with Crippen molar-refractivity contribution in [1.29, 1.82) is 0 Å². The number of nitrogens with two attached hydrogens (primary N) is 2. The number of carboxylic acid groups (broad SMARTS) is 1. The first-order valence-corrected chi connectivity index (χ1v) is 42.1. The van der Waals surface area contributed by atoms with E-state index in [1.807, 2.05) is 32.0 Å². The van der Waals surface area contributed by atoms with Gasteiger partial charge in [-0.05, 0) is 155 Å². The van der Waals surface area contributed by atoms with E-state index in [4.69, 9.17) is 72.6 Å². The first-order valence-electron chi connectivity index (χ1n) is 41.4. The zero-order valence-electron chi connectivity index (χ0n) is 69.6. The summed E-state index contributed by atoms with van der Waals surface area (Å²) in [6.07, 6.45) is -15.7. The Morgan fingerprint density at radius 3 is 1.88 bits per heavy atom. The summed E-state index contributed by atoms with van der Waals surface area (Å²) in [5, 5.41) is 137. The number of carbonyl (C=O) groups is 8. The maximum Gasteiger partial charge on any atom is 0.330 e. The number of phenolic OH excluding ortho intramolecular Hbond substituents is 3. The van der Waals surface area contributed by atoms with Crippen molar-refractivity contribution in [2.45, 2.75) is 245 Å². The van der Waals surface area contributed by atoms with Crippen LogP contribution in [0.2, 0.25) is 10.0 Å². The Balaban J connectivity index is 1.05. The van der Waals surface area contributed by atoms with Gasteiger partial charge in [-0.15, -0.1) is 0 Å². The van der Waals surface area contributed by atoms with Crippen molar-refractivity contribution in [3.05, 3.63) is 153 Å². The van der Waals surface area contributed by atoms with Gasteiger partial charge in [-0.2, -0.15) is 0 Å². The van der Waals surface area contributed by atoms with E-state index in [1.165, 1.54) is 56.8 Å². The normalized spacial score (nSPS) is 29.8. The zero-order chi connectivity index (χ0) is 90.4. The van der Waals surface area contributed by atoms with E-state index < -0.39 is 255 Å². The molecule has 8 aliphatic heterocycles. The van der Waals surface area contributed by atoms with Crippen LogP contribution in [0.3, 0.4) is 0 Å². The Bertz CT molecular complexity index is 4940. The number of aliphatic carboxylic acids is 1. The number of aliphatic hydroxyl groups is 6. The Morgan fingerprint density at radius 1 is 0.640 bits per heavy atom. The predicted octanol–water partition coefficient (Wildman–Crippen LogP) is 4.56. The van der Waals surface area contributed by atoms with Crippen molar-refractivity contribution in [3.8, 4) is 57.1 Å². The molecule has 8 heterocycles. The third-order valence-electron chi connectivity index (χ3n) is 23.4. The molecule has 11 bridgehead atoms. The van der Waals surface area contributed by atoms with Gasteiger partial charge in [-0.1, -0.05) is 111 Å². The molecule has 6 aromatic carbocycles. The summed E-state index contributed by atoms with van der Waals surface area (Å²) in [6.45, 7) is 9.47. The number of carbonyl (C=O) groups excluding carboxylic acids is 7. The average molecular weight is 1780 g/mol. The van der Waals surface area contributed by atoms with Crippen molar-refractivity contribution < 1.29 is 127 Å². The fourth-order valence-corrected chi connectivity index (χ4v) is 17.0. The van der Waals surface area contributed by atoms with Crippen LogP contribution in [0.1, 0.15) is 169 Å². The van der Waals surface area contributed by atoms with Gasteiger partial charge in [-0.3, -0.25) is 33.6 Å². The number of hydrogen-bond acceptors (Lipinski definition) is 28. The highest BCUT2D eigenvalue weighted by atomic mass is 35.5. The molecule has 0 saturated carbocycles. The van der Waals surface area contributed by atoms with E-state index >= 15 is 24.0 Å². The summed E-state index contributed by atoms with van der Waals surface area (Å²) < 4.78 is 52.9. The Hall–Kier alpha value is -10.1. The number of halogens is 2. The van der Waals surface area contributed by atoms with Gasteiger partial charge >= 0.3 is 5.97 Å². The quantitative estimate of drug-likeness (QED) is 0.0349. The molecule has 0 aliphatic carbocycles. The van der Waals surface area contributed by atoms with Gasteiger partial charge in [0.25, 0.3) is 0 Å². The minimum atomic E-state index is -2.38. The Labute approximate surface area is 729 Å². The van der Waals surface area contributed by atoms with Gasteiger partial charge in [0.15, 0.2) is 36.2 Å². The SMILES string of the molecule is CN[C@H](CC(C)C)C(=O)N[C@H]1C(=O)N[C@@H](CC(N)=O)C(=O)N[C@H]2C(=O)N[C@H]3C(=O)N[C@H](C(=O)N[C@H](C(=O)O)c4cc(O)cc(O)c4-c4cc3ccc4O)[C@H](O[C@H]3C[C@](C)(N)[C@@H](O)[C@H](C)O3)c3ccc(c(Cl)c3)Oc3cc2cc(c3O[C@@H]2O[C@H](CO)[C@@H](O)[C@H](O)[C@H]2O[C@H]2C[C@](C)(NCCCCCCCCc3ccccc3)[C@@H](O)[C@H](C)O2)Oc2ccc(cc2Cl)[C@H]1O. The van der Waals surface area contributed by atoms with Gasteiger partial charge in [0.05, 0.1) is 53.5 Å². The molecule has 14 rings (SSSR count). The molecule has 36 nitrogen and oxygen atoms in total. The van der Waals surface area contributed by atoms with E-state index in [1.54, 1.807) is 13.8 Å². The van der Waals surface area contributed by atoms with Crippen LogP contribution in [0.4, 0.5) is 0 Å². The highest BCUT2D eigenvalue weighted by Crippen LogP contribution is 2.51. The molecule has 125 heavy (non-hydrogen) atoms. The fourth-order valence-electron chi connectivity index (χ4n) is 16.6. The number of benzene rings is 6. The minimum Gasteiger partial charge on any atom is -0.508 e. The number of aromatic hydroxyl groups is 3. The maximum absolute atomic E-state index is 16.5. The molecular weight excluding hydrogens is 1670 g/mol. The first-order chi connectivity index (χ1) is 59.3. The van der Waals surface area contributed by atoms with E-state index in [0.717, 1.165) is 93.5 Å². The second-order valence-electron chi connectivity index (χ2n) is 33.4. The van der Waals surface area contributed by atoms with Crippen LogP contribution < -0.4 is 68.2 Å². The largest absolute Gasteiger partial charge is 0.508 e. The van der Waals surface area contributed by atoms with Crippen LogP contribution in [0.15, 0.2) is 109 Å². The van der Waals surface area contributed by atoms with Crippen LogP contribution in [-0.2, 0) is 68.5 Å². The maximum atomic E-state index is 16.5. The van der Waals surface area contributed by atoms with E-state index in [2.05, 4.69) is 54.7 Å². The monoisotopic (exact) mass is 1780 g/mol. The highest BCUT2D eigenvalue weighted by Gasteiger charge is 2.53. The lowest BCUT2D eigenvalue weighted by atomic mass is 9.84. The number of hydrogen-bond donors (Lipinski definition) is 20. The number of unbranched alkanes of at least 4 members (excludes halogenated alkanes) is 5. The molecule has 22 atom stereocenters. The second kappa shape index (κ2) is 40.3. The molecule has 7 amide bonds. The summed E-state index contributed by atoms with van der Waals surface area (Å²) in [5.74, 6) is -16.0. The molecular formula is C87H108Cl2N10O26. The average Bonchev–Trinajstić information content (AvgIpc) is 0.819. The molecule has 38 heteroatoms. The van der Waals surface area contributed by atoms with Crippen molar-refractivity contribution in [2.75, 3.05) is 20.2 Å². The topological polar surface area (TPSA) is 561 Å². The minimum absolute atomic E-state index is 0.106. The second-order valence-corrected chi connectivity index (χ2v) is 34.3. The molecule has 0 spiro atoms. The van der Waals surface area contributed by atoms with Gasteiger partial charge in [0, 0.05) is 46.7 Å². The smallest absolute Gasteiger partial charge is 0.330 e. The number of amides is 7. The van der Waals surface area contributed by atoms with Crippen LogP contribution in [-0.4, -0.2) is 222 Å². The van der Waals surface area contributed by atoms with Crippen LogP contribution in [0.5, 0.6) is 46.0 Å². The molecule has 676 valence electrons. The lowest BCUT2D eigenvalue weighted by Gasteiger charge is -2.48. The first kappa shape index (κ1) is 94.0. The van der Waals surface area contributed by atoms with Gasteiger partial charge in [0.2, 0.25) is 53.4 Å². The molecule has 8 aliphatic rings. The number of ether oxygens (including phenoxy) is 8. The van der Waals surface area contributed by atoms with E-state index in [0.29, 0.717) is 6.54 Å². The molecule has 0 radical (unpaired) electrons. The molecule has 0 unspecified atom stereocenters. The van der Waals surface area contributed by atoms with E-state index in [-0.39, 0.29) is 58.4 Å². The summed E-state index contributed by atoms with van der Waals surface area (Å²) in [5.41, 5.74) is 8.46. The molecule has 3 fully saturated rings. The van der Waals surface area contributed by atoms with Crippen molar-refractivity contribution in [3.63, 3.8) is 0 Å².